The van der Waals surface area contributed by atoms with Gasteiger partial charge in [0.05, 0.1) is 10.6 Å². The predicted octanol–water partition coefficient (Wildman–Crippen LogP) is 5.76. The summed E-state index contributed by atoms with van der Waals surface area (Å²) in [6.07, 6.45) is 5.17. The van der Waals surface area contributed by atoms with Crippen molar-refractivity contribution in [3.63, 3.8) is 0 Å². The Hall–Kier alpha value is -2.24. The lowest BCUT2D eigenvalue weighted by atomic mass is 9.78. The Morgan fingerprint density at radius 2 is 2.00 bits per heavy atom. The zero-order valence-electron chi connectivity index (χ0n) is 17.8. The molecule has 0 bridgehead atoms. The fraction of sp³-hybridized carbons (Fsp3) is 0.360. The Labute approximate surface area is 193 Å². The summed E-state index contributed by atoms with van der Waals surface area (Å²) in [4.78, 5) is 29.4. The van der Waals surface area contributed by atoms with Crippen LogP contribution in [0.4, 0.5) is 5.69 Å². The SMILES string of the molecule is CC1CCCC(NC(=O)CN2C(=O)/C(=C\c3cccc(Cl)c3)Sc3ccccc32)C1C. The number of anilines is 1. The molecule has 1 saturated carbocycles. The van der Waals surface area contributed by atoms with E-state index >= 15 is 0 Å². The van der Waals surface area contributed by atoms with Crippen LogP contribution in [0, 0.1) is 11.8 Å². The van der Waals surface area contributed by atoms with Gasteiger partial charge in [-0.15, -0.1) is 0 Å². The van der Waals surface area contributed by atoms with Crippen molar-refractivity contribution in [2.24, 2.45) is 11.8 Å². The Balaban J connectivity index is 1.57. The molecule has 2 aromatic rings. The molecule has 1 aliphatic heterocycles. The summed E-state index contributed by atoms with van der Waals surface area (Å²) in [6, 6.07) is 15.3. The molecular formula is C25H27ClN2O2S. The molecule has 2 aliphatic rings. The van der Waals surface area contributed by atoms with Crippen molar-refractivity contribution in [1.82, 2.24) is 5.32 Å². The number of nitrogens with zero attached hydrogens (tertiary/aromatic N) is 1. The number of thioether (sulfide) groups is 1. The highest BCUT2D eigenvalue weighted by Crippen LogP contribution is 2.42. The maximum Gasteiger partial charge on any atom is 0.265 e. The number of hydrogen-bond acceptors (Lipinski definition) is 3. The largest absolute Gasteiger partial charge is 0.352 e. The summed E-state index contributed by atoms with van der Waals surface area (Å²) in [7, 11) is 0. The second-order valence-corrected chi connectivity index (χ2v) is 9.99. The lowest BCUT2D eigenvalue weighted by Gasteiger charge is -2.35. The highest BCUT2D eigenvalue weighted by atomic mass is 35.5. The third-order valence-corrected chi connectivity index (χ3v) is 7.65. The van der Waals surface area contributed by atoms with Crippen molar-refractivity contribution in [3.05, 3.63) is 64.0 Å². The first-order valence-corrected chi connectivity index (χ1v) is 12.0. The van der Waals surface area contributed by atoms with Crippen LogP contribution in [-0.4, -0.2) is 24.4 Å². The van der Waals surface area contributed by atoms with Gasteiger partial charge in [0.2, 0.25) is 5.91 Å². The molecule has 4 rings (SSSR count). The molecule has 0 spiro atoms. The molecule has 4 nitrogen and oxygen atoms in total. The van der Waals surface area contributed by atoms with Crippen molar-refractivity contribution in [1.29, 1.82) is 0 Å². The molecule has 2 amide bonds. The third-order valence-electron chi connectivity index (χ3n) is 6.33. The van der Waals surface area contributed by atoms with E-state index in [0.717, 1.165) is 29.0 Å². The molecule has 3 unspecified atom stereocenters. The fourth-order valence-electron chi connectivity index (χ4n) is 4.35. The van der Waals surface area contributed by atoms with Crippen LogP contribution in [-0.2, 0) is 9.59 Å². The Morgan fingerprint density at radius 1 is 1.19 bits per heavy atom. The van der Waals surface area contributed by atoms with Crippen molar-refractivity contribution in [2.45, 2.75) is 44.0 Å². The fourth-order valence-corrected chi connectivity index (χ4v) is 5.61. The minimum atomic E-state index is -0.163. The van der Waals surface area contributed by atoms with Crippen molar-refractivity contribution in [2.75, 3.05) is 11.4 Å². The van der Waals surface area contributed by atoms with Gasteiger partial charge in [-0.3, -0.25) is 14.5 Å². The Bertz CT molecular complexity index is 1020. The second-order valence-electron chi connectivity index (χ2n) is 8.47. The number of benzene rings is 2. The minimum absolute atomic E-state index is 0.0148. The van der Waals surface area contributed by atoms with Gasteiger partial charge >= 0.3 is 0 Å². The van der Waals surface area contributed by atoms with Gasteiger partial charge in [-0.1, -0.05) is 74.3 Å². The first kappa shape index (κ1) is 22.0. The number of halogens is 1. The van der Waals surface area contributed by atoms with Crippen LogP contribution in [0.2, 0.25) is 5.02 Å². The number of hydrogen-bond donors (Lipinski definition) is 1. The summed E-state index contributed by atoms with van der Waals surface area (Å²) in [5.74, 6) is 0.767. The average Bonchev–Trinajstić information content (AvgIpc) is 2.74. The number of carbonyl (C=O) groups excluding carboxylic acids is 2. The molecule has 0 radical (unpaired) electrons. The third kappa shape index (κ3) is 4.99. The van der Waals surface area contributed by atoms with Crippen molar-refractivity contribution < 1.29 is 9.59 Å². The Kier molecular flexibility index (Phi) is 6.73. The summed E-state index contributed by atoms with van der Waals surface area (Å²) in [5.41, 5.74) is 1.64. The summed E-state index contributed by atoms with van der Waals surface area (Å²) in [6.45, 7) is 4.47. The van der Waals surface area contributed by atoms with E-state index < -0.39 is 0 Å². The minimum Gasteiger partial charge on any atom is -0.352 e. The molecular weight excluding hydrogens is 428 g/mol. The molecule has 0 aromatic heterocycles. The molecule has 0 saturated heterocycles. The van der Waals surface area contributed by atoms with Gasteiger partial charge in [-0.2, -0.15) is 0 Å². The maximum atomic E-state index is 13.3. The number of para-hydroxylation sites is 1. The lowest BCUT2D eigenvalue weighted by molar-refractivity contribution is -0.123. The van der Waals surface area contributed by atoms with Gasteiger partial charge in [0.25, 0.3) is 5.91 Å². The first-order valence-electron chi connectivity index (χ1n) is 10.8. The van der Waals surface area contributed by atoms with E-state index in [9.17, 15) is 9.59 Å². The molecule has 6 heteroatoms. The molecule has 1 N–H and O–H groups in total. The molecule has 162 valence electrons. The van der Waals surface area contributed by atoms with E-state index in [1.807, 2.05) is 48.5 Å². The molecule has 31 heavy (non-hydrogen) atoms. The van der Waals surface area contributed by atoms with Gasteiger partial charge in [-0.25, -0.2) is 0 Å². The van der Waals surface area contributed by atoms with Gasteiger partial charge in [0, 0.05) is 16.0 Å². The van der Waals surface area contributed by atoms with Gasteiger partial charge in [-0.05, 0) is 54.2 Å². The van der Waals surface area contributed by atoms with E-state index in [0.29, 0.717) is 21.8 Å². The molecule has 1 fully saturated rings. The van der Waals surface area contributed by atoms with E-state index in [4.69, 9.17) is 11.6 Å². The van der Waals surface area contributed by atoms with Gasteiger partial charge in [0.1, 0.15) is 6.54 Å². The van der Waals surface area contributed by atoms with Crippen molar-refractivity contribution in [3.8, 4) is 0 Å². The normalized spacial score (nSPS) is 24.7. The highest BCUT2D eigenvalue weighted by Gasteiger charge is 2.32. The highest BCUT2D eigenvalue weighted by molar-refractivity contribution is 8.04. The van der Waals surface area contributed by atoms with Gasteiger partial charge in [0.15, 0.2) is 0 Å². The Morgan fingerprint density at radius 3 is 2.81 bits per heavy atom. The van der Waals surface area contributed by atoms with Gasteiger partial charge < -0.3 is 5.32 Å². The number of rotatable bonds is 4. The zero-order chi connectivity index (χ0) is 22.0. The number of fused-ring (bicyclic) bond motifs is 1. The summed E-state index contributed by atoms with van der Waals surface area (Å²) < 4.78 is 0. The number of nitrogens with one attached hydrogen (secondary N) is 1. The average molecular weight is 455 g/mol. The second kappa shape index (κ2) is 9.49. The zero-order valence-corrected chi connectivity index (χ0v) is 19.4. The van der Waals surface area contributed by atoms with Crippen LogP contribution >= 0.6 is 23.4 Å². The van der Waals surface area contributed by atoms with Crippen molar-refractivity contribution >= 4 is 46.9 Å². The molecule has 2 aromatic carbocycles. The van der Waals surface area contributed by atoms with Crippen LogP contribution in [0.3, 0.4) is 0 Å². The van der Waals surface area contributed by atoms with E-state index in [-0.39, 0.29) is 24.4 Å². The smallest absolute Gasteiger partial charge is 0.265 e. The van der Waals surface area contributed by atoms with E-state index in [1.165, 1.54) is 18.2 Å². The maximum absolute atomic E-state index is 13.3. The predicted molar refractivity (Wildman–Crippen MR) is 128 cm³/mol. The van der Waals surface area contributed by atoms with Crippen LogP contribution in [0.1, 0.15) is 38.7 Å². The monoisotopic (exact) mass is 454 g/mol. The molecule has 1 aliphatic carbocycles. The topological polar surface area (TPSA) is 49.4 Å². The number of amides is 2. The lowest BCUT2D eigenvalue weighted by Crippen LogP contribution is -2.49. The van der Waals surface area contributed by atoms with E-state index in [2.05, 4.69) is 19.2 Å². The van der Waals surface area contributed by atoms with Crippen LogP contribution in [0.15, 0.2) is 58.3 Å². The molecule has 1 heterocycles. The molecule has 3 atom stereocenters. The van der Waals surface area contributed by atoms with Crippen LogP contribution in [0.25, 0.3) is 6.08 Å². The quantitative estimate of drug-likeness (QED) is 0.597. The summed E-state index contributed by atoms with van der Waals surface area (Å²) >= 11 is 7.54. The standard InChI is InChI=1S/C25H27ClN2O2S/c1-16-7-5-10-20(17(16)2)27-24(29)15-28-21-11-3-4-12-22(21)31-23(25(28)30)14-18-8-6-9-19(26)13-18/h3-4,6,8-9,11-14,16-17,20H,5,7,10,15H2,1-2H3,(H,27,29)/b23-14+. The van der Waals surface area contributed by atoms with Crippen LogP contribution < -0.4 is 10.2 Å². The van der Waals surface area contributed by atoms with E-state index in [1.54, 1.807) is 11.0 Å². The van der Waals surface area contributed by atoms with Crippen LogP contribution in [0.5, 0.6) is 0 Å². The first-order chi connectivity index (χ1) is 14.9. The number of carbonyl (C=O) groups is 2. The summed E-state index contributed by atoms with van der Waals surface area (Å²) in [5, 5.41) is 3.81.